The first-order chi connectivity index (χ1) is 7.27. The molecule has 0 aliphatic carbocycles. The predicted octanol–water partition coefficient (Wildman–Crippen LogP) is -0.561. The fraction of sp³-hybridized carbons (Fsp3) is 1.00. The summed E-state index contributed by atoms with van der Waals surface area (Å²) in [5, 5.41) is 8.51. The zero-order valence-corrected chi connectivity index (χ0v) is 13.9. The van der Waals surface area contributed by atoms with Crippen molar-refractivity contribution in [1.82, 2.24) is 0 Å². The molecule has 5 nitrogen and oxygen atoms in total. The van der Waals surface area contributed by atoms with Gasteiger partial charge >= 0.3 is 40.0 Å². The molecule has 0 radical (unpaired) electrons. The summed E-state index contributed by atoms with van der Waals surface area (Å²) in [4.78, 5) is 0. The SMILES string of the molecule is CC(C)CCCCCCCO.O=S(=O)(O)O.[H-].[Na+]. The number of aliphatic hydroxyl groups is 1. The van der Waals surface area contributed by atoms with Crippen LogP contribution in [0.25, 0.3) is 0 Å². The van der Waals surface area contributed by atoms with E-state index in [0.29, 0.717) is 6.61 Å². The Morgan fingerprint density at radius 2 is 1.35 bits per heavy atom. The van der Waals surface area contributed by atoms with Crippen LogP contribution in [0.15, 0.2) is 0 Å². The topological polar surface area (TPSA) is 94.8 Å². The van der Waals surface area contributed by atoms with Gasteiger partial charge in [-0.3, -0.25) is 9.11 Å². The zero-order chi connectivity index (χ0) is 13.0. The van der Waals surface area contributed by atoms with E-state index in [0.717, 1.165) is 12.3 Å². The van der Waals surface area contributed by atoms with Gasteiger partial charge in [0, 0.05) is 6.61 Å². The molecule has 0 bridgehead atoms. The molecule has 0 aromatic heterocycles. The Morgan fingerprint density at radius 3 is 1.71 bits per heavy atom. The Kier molecular flexibility index (Phi) is 20.1. The van der Waals surface area contributed by atoms with Crippen LogP contribution in [0.2, 0.25) is 0 Å². The van der Waals surface area contributed by atoms with Crippen LogP contribution in [-0.2, 0) is 10.4 Å². The second-order valence-corrected chi connectivity index (χ2v) is 5.02. The fourth-order valence-corrected chi connectivity index (χ4v) is 1.19. The Bertz CT molecular complexity index is 226. The first-order valence-corrected chi connectivity index (χ1v) is 6.97. The molecule has 0 aliphatic heterocycles. The van der Waals surface area contributed by atoms with Gasteiger partial charge in [0.1, 0.15) is 0 Å². The molecule has 0 amide bonds. The summed E-state index contributed by atoms with van der Waals surface area (Å²) in [5.74, 6) is 0.854. The number of aliphatic hydroxyl groups excluding tert-OH is 1. The first-order valence-electron chi connectivity index (χ1n) is 5.58. The maximum atomic E-state index is 8.74. The van der Waals surface area contributed by atoms with Gasteiger partial charge in [0.05, 0.1) is 0 Å². The summed E-state index contributed by atoms with van der Waals surface area (Å²) in [6.45, 7) is 4.91. The molecule has 0 saturated carbocycles. The molecule has 102 valence electrons. The summed E-state index contributed by atoms with van der Waals surface area (Å²) in [6, 6.07) is 0. The van der Waals surface area contributed by atoms with Gasteiger partial charge in [-0.05, 0) is 12.3 Å². The second-order valence-electron chi connectivity index (χ2n) is 4.12. The molecular formula is C10H25NaO5S. The molecule has 0 aromatic carbocycles. The van der Waals surface area contributed by atoms with Crippen LogP contribution >= 0.6 is 0 Å². The largest absolute Gasteiger partial charge is 1.00 e. The van der Waals surface area contributed by atoms with Crippen LogP contribution in [0, 0.1) is 5.92 Å². The van der Waals surface area contributed by atoms with E-state index in [1.54, 1.807) is 0 Å². The third-order valence-corrected chi connectivity index (χ3v) is 1.94. The van der Waals surface area contributed by atoms with Gasteiger partial charge in [-0.2, -0.15) is 8.42 Å². The minimum atomic E-state index is -4.67. The molecule has 0 rings (SSSR count). The molecule has 0 aliphatic rings. The third-order valence-electron chi connectivity index (χ3n) is 1.94. The summed E-state index contributed by atoms with van der Waals surface area (Å²) in [6.07, 6.45) is 7.56. The average molecular weight is 280 g/mol. The molecule has 0 fully saturated rings. The van der Waals surface area contributed by atoms with E-state index < -0.39 is 10.4 Å². The van der Waals surface area contributed by atoms with Crippen molar-refractivity contribution in [3.8, 4) is 0 Å². The maximum absolute atomic E-state index is 8.74. The van der Waals surface area contributed by atoms with Gasteiger partial charge in [0.2, 0.25) is 0 Å². The van der Waals surface area contributed by atoms with Crippen molar-refractivity contribution in [1.29, 1.82) is 0 Å². The number of rotatable bonds is 7. The van der Waals surface area contributed by atoms with Crippen molar-refractivity contribution in [2.24, 2.45) is 5.92 Å². The van der Waals surface area contributed by atoms with Crippen LogP contribution < -0.4 is 29.6 Å². The molecule has 0 aromatic rings. The summed E-state index contributed by atoms with van der Waals surface area (Å²) in [7, 11) is -4.67. The Morgan fingerprint density at radius 1 is 1.00 bits per heavy atom. The van der Waals surface area contributed by atoms with Gasteiger partial charge in [-0.1, -0.05) is 46.0 Å². The van der Waals surface area contributed by atoms with Crippen LogP contribution in [0.3, 0.4) is 0 Å². The normalized spacial score (nSPS) is 10.5. The number of hydrogen-bond donors (Lipinski definition) is 3. The average Bonchev–Trinajstić information content (AvgIpc) is 2.08. The predicted molar refractivity (Wildman–Crippen MR) is 64.9 cm³/mol. The van der Waals surface area contributed by atoms with Crippen molar-refractivity contribution in [3.63, 3.8) is 0 Å². The molecule has 0 spiro atoms. The Hall–Kier alpha value is 0.830. The number of hydrogen-bond acceptors (Lipinski definition) is 3. The van der Waals surface area contributed by atoms with Crippen molar-refractivity contribution < 1.29 is 53.6 Å². The number of unbranched alkanes of at least 4 members (excludes halogenated alkanes) is 4. The van der Waals surface area contributed by atoms with Crippen LogP contribution in [0.5, 0.6) is 0 Å². The molecule has 0 heterocycles. The molecule has 17 heavy (non-hydrogen) atoms. The van der Waals surface area contributed by atoms with Crippen molar-refractivity contribution in [2.75, 3.05) is 6.61 Å². The smallest absolute Gasteiger partial charge is 1.00 e. The standard InChI is InChI=1S/C10H22O.Na.H2O4S.H/c1-10(2)8-6-4-3-5-7-9-11;;1-5(2,3)4;/h10-11H,3-9H2,1-2H3;;(H2,1,2,3,4);/q;+1;;-1. The maximum Gasteiger partial charge on any atom is 1.00 e. The quantitative estimate of drug-likeness (QED) is 0.330. The van der Waals surface area contributed by atoms with E-state index in [-0.39, 0.29) is 31.0 Å². The van der Waals surface area contributed by atoms with Crippen molar-refractivity contribution >= 4 is 10.4 Å². The van der Waals surface area contributed by atoms with Gasteiger partial charge in [-0.15, -0.1) is 0 Å². The van der Waals surface area contributed by atoms with E-state index >= 15 is 0 Å². The van der Waals surface area contributed by atoms with E-state index in [1.807, 2.05) is 0 Å². The van der Waals surface area contributed by atoms with Crippen LogP contribution in [0.4, 0.5) is 0 Å². The summed E-state index contributed by atoms with van der Waals surface area (Å²) in [5.41, 5.74) is 0. The fourth-order valence-electron chi connectivity index (χ4n) is 1.19. The third kappa shape index (κ3) is 47.5. The molecule has 0 unspecified atom stereocenters. The minimum Gasteiger partial charge on any atom is -1.00 e. The van der Waals surface area contributed by atoms with Gasteiger partial charge in [-0.25, -0.2) is 0 Å². The molecule has 0 saturated heterocycles. The monoisotopic (exact) mass is 280 g/mol. The van der Waals surface area contributed by atoms with Gasteiger partial charge in [0.15, 0.2) is 0 Å². The summed E-state index contributed by atoms with van der Waals surface area (Å²) >= 11 is 0. The first kappa shape index (κ1) is 23.0. The van der Waals surface area contributed by atoms with Gasteiger partial charge < -0.3 is 6.53 Å². The molecule has 7 heteroatoms. The van der Waals surface area contributed by atoms with Gasteiger partial charge in [0.25, 0.3) is 0 Å². The van der Waals surface area contributed by atoms with Crippen LogP contribution in [0.1, 0.15) is 53.8 Å². The molecule has 0 atom stereocenters. The zero-order valence-electron chi connectivity index (χ0n) is 12.1. The van der Waals surface area contributed by atoms with Crippen molar-refractivity contribution in [3.05, 3.63) is 0 Å². The van der Waals surface area contributed by atoms with E-state index in [2.05, 4.69) is 13.8 Å². The molecule has 3 N–H and O–H groups in total. The van der Waals surface area contributed by atoms with E-state index in [1.165, 1.54) is 32.1 Å². The van der Waals surface area contributed by atoms with Crippen LogP contribution in [-0.4, -0.2) is 29.2 Å². The second kappa shape index (κ2) is 14.9. The van der Waals surface area contributed by atoms with E-state index in [4.69, 9.17) is 22.6 Å². The Balaban J connectivity index is -0.000000122. The molecular weight excluding hydrogens is 255 g/mol. The van der Waals surface area contributed by atoms with Crippen molar-refractivity contribution in [2.45, 2.75) is 52.4 Å². The minimum absolute atomic E-state index is 0. The Labute approximate surface area is 128 Å². The summed E-state index contributed by atoms with van der Waals surface area (Å²) < 4.78 is 31.6. The van der Waals surface area contributed by atoms with E-state index in [9.17, 15) is 0 Å².